The highest BCUT2D eigenvalue weighted by molar-refractivity contribution is 7.89. The van der Waals surface area contributed by atoms with E-state index in [1.165, 1.54) is 4.31 Å². The molecule has 0 aliphatic carbocycles. The van der Waals surface area contributed by atoms with Crippen molar-refractivity contribution >= 4 is 50.2 Å². The molecule has 0 amide bonds. The molecule has 0 atom stereocenters. The van der Waals surface area contributed by atoms with Gasteiger partial charge in [-0.1, -0.05) is 43.1 Å². The first-order chi connectivity index (χ1) is 15.2. The molecule has 0 aliphatic heterocycles. The Labute approximate surface area is 197 Å². The second-order valence-electron chi connectivity index (χ2n) is 7.04. The van der Waals surface area contributed by atoms with Gasteiger partial charge >= 0.3 is 5.97 Å². The minimum atomic E-state index is -3.58. The van der Waals surface area contributed by atoms with Gasteiger partial charge in [0.15, 0.2) is 5.75 Å². The molecule has 0 bridgehead atoms. The third-order valence-corrected chi connectivity index (χ3v) is 8.00. The number of sulfonamides is 1. The van der Waals surface area contributed by atoms with Gasteiger partial charge in [-0.2, -0.15) is 4.31 Å². The van der Waals surface area contributed by atoms with Crippen molar-refractivity contribution in [3.8, 4) is 5.75 Å². The highest BCUT2D eigenvalue weighted by Crippen LogP contribution is 2.31. The number of benzene rings is 2. The molecule has 172 valence electrons. The monoisotopic (exact) mass is 497 g/mol. The number of nitrogens with zero attached hydrogens (tertiary/aromatic N) is 3. The first-order valence-corrected chi connectivity index (χ1v) is 12.6. The van der Waals surface area contributed by atoms with E-state index in [9.17, 15) is 13.2 Å². The van der Waals surface area contributed by atoms with Crippen molar-refractivity contribution in [1.29, 1.82) is 0 Å². The van der Waals surface area contributed by atoms with E-state index in [1.807, 2.05) is 11.5 Å². The van der Waals surface area contributed by atoms with Crippen LogP contribution in [0.5, 0.6) is 5.75 Å². The minimum Gasteiger partial charge on any atom is -0.425 e. The van der Waals surface area contributed by atoms with Crippen LogP contribution < -0.4 is 4.74 Å². The summed E-state index contributed by atoms with van der Waals surface area (Å²) in [5.41, 5.74) is 1.38. The third kappa shape index (κ3) is 4.93. The molecule has 0 aliphatic rings. The molecule has 0 radical (unpaired) electrons. The number of hydrogen-bond acceptors (Lipinski definition) is 5. The number of fused-ring (bicyclic) bond motifs is 1. The van der Waals surface area contributed by atoms with Crippen LogP contribution in [0.25, 0.3) is 11.0 Å². The Morgan fingerprint density at radius 1 is 1.12 bits per heavy atom. The fourth-order valence-electron chi connectivity index (χ4n) is 3.53. The Balaban J connectivity index is 1.82. The topological polar surface area (TPSA) is 81.5 Å². The van der Waals surface area contributed by atoms with Crippen LogP contribution in [-0.2, 0) is 27.8 Å². The van der Waals surface area contributed by atoms with E-state index < -0.39 is 16.0 Å². The van der Waals surface area contributed by atoms with Crippen LogP contribution in [0, 0.1) is 0 Å². The summed E-state index contributed by atoms with van der Waals surface area (Å²) in [6, 6.07) is 9.78. The fraction of sp³-hybridized carbons (Fsp3) is 0.364. The molecule has 3 aromatic rings. The average Bonchev–Trinajstić information content (AvgIpc) is 3.13. The molecule has 1 aromatic heterocycles. The van der Waals surface area contributed by atoms with E-state index in [-0.39, 0.29) is 22.1 Å². The predicted molar refractivity (Wildman–Crippen MR) is 126 cm³/mol. The van der Waals surface area contributed by atoms with Crippen LogP contribution in [0.1, 0.15) is 33.0 Å². The molecule has 0 N–H and O–H groups in total. The largest absolute Gasteiger partial charge is 0.425 e. The van der Waals surface area contributed by atoms with Crippen molar-refractivity contribution in [2.45, 2.75) is 45.1 Å². The standard InChI is InChI=1S/C22H25Cl2N3O4S/c1-4-26(5-2)32(29,30)15-10-11-18-17(14-15)25-20(27(18)6-3)12-13-21(28)31-19-9-7-8-16(23)22(19)24/h7-11,14H,4-6,12-13H2,1-3H3. The summed E-state index contributed by atoms with van der Waals surface area (Å²) >= 11 is 12.0. The quantitative estimate of drug-likeness (QED) is 0.309. The minimum absolute atomic E-state index is 0.0801. The fourth-order valence-corrected chi connectivity index (χ4v) is 5.34. The number of carbonyl (C=O) groups is 1. The maximum Gasteiger partial charge on any atom is 0.311 e. The Morgan fingerprint density at radius 3 is 2.50 bits per heavy atom. The molecule has 1 heterocycles. The Morgan fingerprint density at radius 2 is 1.84 bits per heavy atom. The normalized spacial score (nSPS) is 11.9. The van der Waals surface area contributed by atoms with Gasteiger partial charge in [-0.05, 0) is 37.3 Å². The zero-order valence-corrected chi connectivity index (χ0v) is 20.5. The number of halogens is 2. The summed E-state index contributed by atoms with van der Waals surface area (Å²) in [7, 11) is -3.58. The molecule has 0 spiro atoms. The Hall–Kier alpha value is -2.13. The lowest BCUT2D eigenvalue weighted by molar-refractivity contribution is -0.134. The number of aromatic nitrogens is 2. The zero-order valence-electron chi connectivity index (χ0n) is 18.1. The summed E-state index contributed by atoms with van der Waals surface area (Å²) in [6.07, 6.45) is 0.411. The highest BCUT2D eigenvalue weighted by atomic mass is 35.5. The molecule has 3 rings (SSSR count). The SMILES string of the molecule is CCN(CC)S(=O)(=O)c1ccc2c(c1)nc(CCC(=O)Oc1cccc(Cl)c1Cl)n2CC. The van der Waals surface area contributed by atoms with E-state index in [0.29, 0.717) is 42.4 Å². The lowest BCUT2D eigenvalue weighted by Crippen LogP contribution is -2.30. The summed E-state index contributed by atoms with van der Waals surface area (Å²) in [5.74, 6) is 0.419. The van der Waals surface area contributed by atoms with Gasteiger partial charge < -0.3 is 9.30 Å². The number of esters is 1. The molecular weight excluding hydrogens is 473 g/mol. The van der Waals surface area contributed by atoms with Crippen LogP contribution in [0.15, 0.2) is 41.3 Å². The van der Waals surface area contributed by atoms with Crippen molar-refractivity contribution in [3.63, 3.8) is 0 Å². The van der Waals surface area contributed by atoms with Gasteiger partial charge in [-0.3, -0.25) is 4.79 Å². The van der Waals surface area contributed by atoms with Crippen molar-refractivity contribution in [3.05, 3.63) is 52.3 Å². The van der Waals surface area contributed by atoms with E-state index in [0.717, 1.165) is 5.52 Å². The third-order valence-electron chi connectivity index (χ3n) is 5.15. The molecule has 2 aromatic carbocycles. The van der Waals surface area contributed by atoms with Crippen molar-refractivity contribution in [1.82, 2.24) is 13.9 Å². The van der Waals surface area contributed by atoms with Crippen LogP contribution in [0.3, 0.4) is 0 Å². The van der Waals surface area contributed by atoms with Crippen molar-refractivity contribution in [2.75, 3.05) is 13.1 Å². The molecule has 0 unspecified atom stereocenters. The second-order valence-corrected chi connectivity index (χ2v) is 9.76. The predicted octanol–water partition coefficient (Wildman–Crippen LogP) is 4.93. The maximum atomic E-state index is 12.8. The number of rotatable bonds is 9. The number of hydrogen-bond donors (Lipinski definition) is 0. The van der Waals surface area contributed by atoms with Crippen LogP contribution in [0.4, 0.5) is 0 Å². The highest BCUT2D eigenvalue weighted by Gasteiger charge is 2.23. The van der Waals surface area contributed by atoms with Gasteiger partial charge in [0.2, 0.25) is 10.0 Å². The molecule has 10 heteroatoms. The molecule has 0 saturated heterocycles. The van der Waals surface area contributed by atoms with E-state index in [4.69, 9.17) is 27.9 Å². The lowest BCUT2D eigenvalue weighted by atomic mass is 10.3. The lowest BCUT2D eigenvalue weighted by Gasteiger charge is -2.18. The Kier molecular flexibility index (Phi) is 7.82. The second kappa shape index (κ2) is 10.2. The number of imidazole rings is 1. The number of carbonyl (C=O) groups excluding carboxylic acids is 1. The molecule has 7 nitrogen and oxygen atoms in total. The molecular formula is C22H25Cl2N3O4S. The van der Waals surface area contributed by atoms with Gasteiger partial charge in [0.05, 0.1) is 27.4 Å². The summed E-state index contributed by atoms with van der Waals surface area (Å²) < 4.78 is 34.4. The van der Waals surface area contributed by atoms with Gasteiger partial charge in [0, 0.05) is 26.1 Å². The molecule has 32 heavy (non-hydrogen) atoms. The van der Waals surface area contributed by atoms with E-state index in [1.54, 1.807) is 50.2 Å². The molecule has 0 saturated carbocycles. The number of ether oxygens (including phenoxy) is 1. The summed E-state index contributed by atoms with van der Waals surface area (Å²) in [5, 5.41) is 0.491. The van der Waals surface area contributed by atoms with Crippen molar-refractivity contribution < 1.29 is 17.9 Å². The smallest absolute Gasteiger partial charge is 0.311 e. The molecule has 0 fully saturated rings. The number of aryl methyl sites for hydroxylation is 2. The first kappa shape index (κ1) is 24.5. The van der Waals surface area contributed by atoms with Gasteiger partial charge in [0.1, 0.15) is 10.8 Å². The average molecular weight is 498 g/mol. The summed E-state index contributed by atoms with van der Waals surface area (Å²) in [6.45, 7) is 6.99. The van der Waals surface area contributed by atoms with E-state index in [2.05, 4.69) is 4.98 Å². The van der Waals surface area contributed by atoms with Crippen LogP contribution >= 0.6 is 23.2 Å². The maximum absolute atomic E-state index is 12.8. The zero-order chi connectivity index (χ0) is 23.5. The van der Waals surface area contributed by atoms with Gasteiger partial charge in [-0.25, -0.2) is 13.4 Å². The Bertz CT molecular complexity index is 1240. The summed E-state index contributed by atoms with van der Waals surface area (Å²) in [4.78, 5) is 17.2. The van der Waals surface area contributed by atoms with Gasteiger partial charge in [-0.15, -0.1) is 0 Å². The van der Waals surface area contributed by atoms with E-state index >= 15 is 0 Å². The first-order valence-electron chi connectivity index (χ1n) is 10.4. The van der Waals surface area contributed by atoms with Crippen molar-refractivity contribution in [2.24, 2.45) is 0 Å². The van der Waals surface area contributed by atoms with Gasteiger partial charge in [0.25, 0.3) is 0 Å². The van der Waals surface area contributed by atoms with Crippen LogP contribution in [-0.4, -0.2) is 41.3 Å². The van der Waals surface area contributed by atoms with Crippen LogP contribution in [0.2, 0.25) is 10.0 Å².